The first kappa shape index (κ1) is 10.6. The first-order valence-electron chi connectivity index (χ1n) is 5.63. The summed E-state index contributed by atoms with van der Waals surface area (Å²) in [5.41, 5.74) is 2.87. The highest BCUT2D eigenvalue weighted by molar-refractivity contribution is 5.61. The Kier molecular flexibility index (Phi) is 2.60. The van der Waals surface area contributed by atoms with Crippen molar-refractivity contribution < 1.29 is 0 Å². The molecule has 18 heavy (non-hydrogen) atoms. The fourth-order valence-electron chi connectivity index (χ4n) is 1.75. The Morgan fingerprint density at radius 3 is 3.11 bits per heavy atom. The van der Waals surface area contributed by atoms with Crippen molar-refractivity contribution in [3.8, 4) is 0 Å². The molecule has 3 aromatic rings. The van der Waals surface area contributed by atoms with E-state index < -0.39 is 0 Å². The molecule has 0 aliphatic carbocycles. The number of nitrogens with one attached hydrogen (secondary N) is 1. The van der Waals surface area contributed by atoms with Crippen LogP contribution in [0.1, 0.15) is 11.3 Å². The van der Waals surface area contributed by atoms with E-state index in [2.05, 4.69) is 25.5 Å². The molecule has 6 heteroatoms. The first-order chi connectivity index (χ1) is 8.84. The van der Waals surface area contributed by atoms with Crippen molar-refractivity contribution in [2.75, 3.05) is 5.32 Å². The molecule has 0 radical (unpaired) electrons. The molecule has 0 saturated heterocycles. The van der Waals surface area contributed by atoms with Gasteiger partial charge >= 0.3 is 0 Å². The van der Waals surface area contributed by atoms with Crippen molar-refractivity contribution >= 4 is 11.5 Å². The van der Waals surface area contributed by atoms with Gasteiger partial charge in [0, 0.05) is 18.6 Å². The van der Waals surface area contributed by atoms with Crippen LogP contribution in [-0.2, 0) is 6.54 Å². The highest BCUT2D eigenvalue weighted by Crippen LogP contribution is 2.12. The van der Waals surface area contributed by atoms with Crippen LogP contribution in [0.15, 0.2) is 37.1 Å². The van der Waals surface area contributed by atoms with Gasteiger partial charge in [0.2, 0.25) is 5.65 Å². The van der Waals surface area contributed by atoms with Gasteiger partial charge in [0.25, 0.3) is 0 Å². The maximum Gasteiger partial charge on any atom is 0.203 e. The molecule has 0 aliphatic heterocycles. The number of fused-ring (bicyclic) bond motifs is 1. The fraction of sp³-hybridized carbons (Fsp3) is 0.167. The second-order valence-electron chi connectivity index (χ2n) is 3.96. The zero-order chi connectivity index (χ0) is 12.4. The van der Waals surface area contributed by atoms with Crippen LogP contribution < -0.4 is 5.32 Å². The van der Waals surface area contributed by atoms with E-state index in [9.17, 15) is 0 Å². The van der Waals surface area contributed by atoms with Gasteiger partial charge in [-0.1, -0.05) is 6.07 Å². The molecule has 6 nitrogen and oxygen atoms in total. The van der Waals surface area contributed by atoms with Gasteiger partial charge in [-0.3, -0.25) is 9.38 Å². The van der Waals surface area contributed by atoms with Crippen molar-refractivity contribution in [2.24, 2.45) is 0 Å². The zero-order valence-corrected chi connectivity index (χ0v) is 9.91. The lowest BCUT2D eigenvalue weighted by molar-refractivity contribution is 0.997. The molecule has 0 aromatic carbocycles. The molecule has 3 rings (SSSR count). The third kappa shape index (κ3) is 1.88. The second kappa shape index (κ2) is 4.40. The lowest BCUT2D eigenvalue weighted by Gasteiger charge is -2.07. The van der Waals surface area contributed by atoms with Gasteiger partial charge in [0.05, 0.1) is 12.2 Å². The third-order valence-electron chi connectivity index (χ3n) is 2.76. The van der Waals surface area contributed by atoms with E-state index in [0.29, 0.717) is 18.0 Å². The summed E-state index contributed by atoms with van der Waals surface area (Å²) in [6.07, 6.45) is 6.96. The van der Waals surface area contributed by atoms with E-state index in [-0.39, 0.29) is 0 Å². The number of nitrogens with zero attached hydrogens (tertiary/aromatic N) is 5. The Labute approximate surface area is 104 Å². The molecule has 3 heterocycles. The minimum atomic E-state index is 0.617. The van der Waals surface area contributed by atoms with Gasteiger partial charge in [-0.25, -0.2) is 4.98 Å². The van der Waals surface area contributed by atoms with E-state index in [1.165, 1.54) is 0 Å². The number of aromatic nitrogens is 5. The standard InChI is InChI=1S/C12H12N6/c1-9-3-2-4-13-10(9)7-15-11-12-17-16-8-18(12)6-5-14-11/h2-6,8H,7H2,1H3,(H,14,15). The number of rotatable bonds is 3. The summed E-state index contributed by atoms with van der Waals surface area (Å²) >= 11 is 0. The summed E-state index contributed by atoms with van der Waals surface area (Å²) in [5.74, 6) is 0.708. The number of hydrogen-bond donors (Lipinski definition) is 1. The average Bonchev–Trinajstić information content (AvgIpc) is 2.86. The largest absolute Gasteiger partial charge is 0.361 e. The van der Waals surface area contributed by atoms with Crippen LogP contribution in [0.5, 0.6) is 0 Å². The van der Waals surface area contributed by atoms with Gasteiger partial charge < -0.3 is 5.32 Å². The summed E-state index contributed by atoms with van der Waals surface area (Å²) in [7, 11) is 0. The lowest BCUT2D eigenvalue weighted by atomic mass is 10.2. The Hall–Kier alpha value is -2.50. The lowest BCUT2D eigenvalue weighted by Crippen LogP contribution is -2.06. The zero-order valence-electron chi connectivity index (χ0n) is 9.91. The van der Waals surface area contributed by atoms with Crippen molar-refractivity contribution in [1.82, 2.24) is 24.6 Å². The summed E-state index contributed by atoms with van der Waals surface area (Å²) < 4.78 is 1.82. The van der Waals surface area contributed by atoms with E-state index in [1.807, 2.05) is 29.7 Å². The Morgan fingerprint density at radius 1 is 1.28 bits per heavy atom. The molecule has 0 fully saturated rings. The molecule has 0 unspecified atom stereocenters. The first-order valence-corrected chi connectivity index (χ1v) is 5.63. The number of aryl methyl sites for hydroxylation is 1. The smallest absolute Gasteiger partial charge is 0.203 e. The Balaban J connectivity index is 1.85. The predicted molar refractivity (Wildman–Crippen MR) is 67.1 cm³/mol. The molecule has 0 amide bonds. The molecule has 90 valence electrons. The summed E-state index contributed by atoms with van der Waals surface area (Å²) in [4.78, 5) is 8.59. The molecule has 0 bridgehead atoms. The quantitative estimate of drug-likeness (QED) is 0.750. The van der Waals surface area contributed by atoms with Gasteiger partial charge in [-0.05, 0) is 18.6 Å². The van der Waals surface area contributed by atoms with Crippen LogP contribution in [0, 0.1) is 6.92 Å². The van der Waals surface area contributed by atoms with Gasteiger partial charge in [-0.15, -0.1) is 10.2 Å². The van der Waals surface area contributed by atoms with Crippen LogP contribution in [0.3, 0.4) is 0 Å². The molecule has 3 aromatic heterocycles. The van der Waals surface area contributed by atoms with E-state index >= 15 is 0 Å². The second-order valence-corrected chi connectivity index (χ2v) is 3.96. The van der Waals surface area contributed by atoms with Crippen LogP contribution in [0.25, 0.3) is 5.65 Å². The minimum absolute atomic E-state index is 0.617. The summed E-state index contributed by atoms with van der Waals surface area (Å²) in [6.45, 7) is 2.65. The number of pyridine rings is 1. The topological polar surface area (TPSA) is 68.0 Å². The highest BCUT2D eigenvalue weighted by atomic mass is 15.2. The summed E-state index contributed by atoms with van der Waals surface area (Å²) in [6, 6.07) is 3.96. The van der Waals surface area contributed by atoms with E-state index in [1.54, 1.807) is 18.7 Å². The van der Waals surface area contributed by atoms with Gasteiger partial charge in [0.15, 0.2) is 5.82 Å². The van der Waals surface area contributed by atoms with Crippen LogP contribution >= 0.6 is 0 Å². The fourth-order valence-corrected chi connectivity index (χ4v) is 1.75. The minimum Gasteiger partial charge on any atom is -0.361 e. The normalized spacial score (nSPS) is 10.7. The van der Waals surface area contributed by atoms with E-state index in [0.717, 1.165) is 11.3 Å². The van der Waals surface area contributed by atoms with Crippen molar-refractivity contribution in [3.05, 3.63) is 48.3 Å². The predicted octanol–water partition coefficient (Wildman–Crippen LogP) is 1.44. The average molecular weight is 240 g/mol. The number of hydrogen-bond acceptors (Lipinski definition) is 5. The van der Waals surface area contributed by atoms with Crippen LogP contribution in [-0.4, -0.2) is 24.6 Å². The molecule has 0 atom stereocenters. The Bertz CT molecular complexity index is 675. The Morgan fingerprint density at radius 2 is 2.22 bits per heavy atom. The van der Waals surface area contributed by atoms with Crippen molar-refractivity contribution in [1.29, 1.82) is 0 Å². The monoisotopic (exact) mass is 240 g/mol. The molecular formula is C12H12N6. The molecule has 1 N–H and O–H groups in total. The maximum atomic E-state index is 4.33. The van der Waals surface area contributed by atoms with Gasteiger partial charge in [0.1, 0.15) is 6.33 Å². The maximum absolute atomic E-state index is 4.33. The van der Waals surface area contributed by atoms with Crippen LogP contribution in [0.2, 0.25) is 0 Å². The molecular weight excluding hydrogens is 228 g/mol. The SMILES string of the molecule is Cc1cccnc1CNc1nccn2cnnc12. The molecule has 0 saturated carbocycles. The third-order valence-corrected chi connectivity index (χ3v) is 2.76. The van der Waals surface area contributed by atoms with Crippen LogP contribution in [0.4, 0.5) is 5.82 Å². The summed E-state index contributed by atoms with van der Waals surface area (Å²) in [5, 5.41) is 11.1. The molecule has 0 spiro atoms. The molecule has 0 aliphatic rings. The number of anilines is 1. The highest BCUT2D eigenvalue weighted by Gasteiger charge is 2.05. The van der Waals surface area contributed by atoms with Gasteiger partial charge in [-0.2, -0.15) is 0 Å². The van der Waals surface area contributed by atoms with Crippen molar-refractivity contribution in [3.63, 3.8) is 0 Å². The van der Waals surface area contributed by atoms with Crippen molar-refractivity contribution in [2.45, 2.75) is 13.5 Å². The van der Waals surface area contributed by atoms with E-state index in [4.69, 9.17) is 0 Å².